The lowest BCUT2D eigenvalue weighted by molar-refractivity contribution is -0.137. The SMILES string of the molecule is Cl.Cn1c(NCCC(N)c2ccccc2)nc(-c2ccncc2)c(-c2cccc(C(F)(F)F)c2)c1=O. The molecule has 3 N–H and O–H groups in total. The lowest BCUT2D eigenvalue weighted by Gasteiger charge is -2.18. The van der Waals surface area contributed by atoms with Crippen LogP contribution in [-0.2, 0) is 13.2 Å². The van der Waals surface area contributed by atoms with E-state index in [1.54, 1.807) is 12.1 Å². The molecule has 0 fully saturated rings. The molecule has 0 aliphatic carbocycles. The van der Waals surface area contributed by atoms with Crippen molar-refractivity contribution in [3.8, 4) is 22.4 Å². The summed E-state index contributed by atoms with van der Waals surface area (Å²) in [6.07, 6.45) is -0.878. The number of nitrogens with zero attached hydrogens (tertiary/aromatic N) is 3. The third-order valence-corrected chi connectivity index (χ3v) is 5.69. The van der Waals surface area contributed by atoms with Crippen molar-refractivity contribution in [3.63, 3.8) is 0 Å². The van der Waals surface area contributed by atoms with Gasteiger partial charge in [0, 0.05) is 37.6 Å². The second-order valence-electron chi connectivity index (χ2n) is 8.07. The molecule has 0 aliphatic rings. The first-order valence-electron chi connectivity index (χ1n) is 11.0. The van der Waals surface area contributed by atoms with E-state index in [1.165, 1.54) is 36.1 Å². The molecule has 4 rings (SSSR count). The number of hydrogen-bond donors (Lipinski definition) is 2. The first kappa shape index (κ1) is 26.9. The van der Waals surface area contributed by atoms with Gasteiger partial charge in [-0.2, -0.15) is 13.2 Å². The minimum absolute atomic E-state index is 0. The Bertz CT molecular complexity index is 1360. The molecule has 6 nitrogen and oxygen atoms in total. The maximum Gasteiger partial charge on any atom is 0.416 e. The van der Waals surface area contributed by atoms with Gasteiger partial charge in [0.05, 0.1) is 16.8 Å². The Labute approximate surface area is 212 Å². The van der Waals surface area contributed by atoms with Crippen molar-refractivity contribution in [1.82, 2.24) is 14.5 Å². The van der Waals surface area contributed by atoms with Crippen molar-refractivity contribution >= 4 is 18.4 Å². The van der Waals surface area contributed by atoms with Crippen LogP contribution in [-0.4, -0.2) is 21.1 Å². The molecule has 1 unspecified atom stereocenters. The number of halogens is 4. The number of alkyl halides is 3. The van der Waals surface area contributed by atoms with Gasteiger partial charge in [-0.25, -0.2) is 4.98 Å². The van der Waals surface area contributed by atoms with E-state index in [0.29, 0.717) is 18.5 Å². The Kier molecular flexibility index (Phi) is 8.49. The van der Waals surface area contributed by atoms with Gasteiger partial charge in [0.2, 0.25) is 5.95 Å². The minimum atomic E-state index is -4.54. The summed E-state index contributed by atoms with van der Waals surface area (Å²) in [4.78, 5) is 22.1. The summed E-state index contributed by atoms with van der Waals surface area (Å²) in [5.74, 6) is 0.290. The predicted molar refractivity (Wildman–Crippen MR) is 137 cm³/mol. The van der Waals surface area contributed by atoms with Gasteiger partial charge in [0.1, 0.15) is 0 Å². The lowest BCUT2D eigenvalue weighted by Crippen LogP contribution is -2.26. The number of nitrogens with one attached hydrogen (secondary N) is 1. The van der Waals surface area contributed by atoms with Gasteiger partial charge < -0.3 is 11.1 Å². The molecule has 2 heterocycles. The zero-order chi connectivity index (χ0) is 25.0. The molecule has 0 saturated heterocycles. The number of anilines is 1. The van der Waals surface area contributed by atoms with E-state index in [1.807, 2.05) is 30.3 Å². The third-order valence-electron chi connectivity index (χ3n) is 5.69. The second kappa shape index (κ2) is 11.4. The maximum absolute atomic E-state index is 13.4. The molecule has 0 radical (unpaired) electrons. The molecule has 2 aromatic heterocycles. The second-order valence-corrected chi connectivity index (χ2v) is 8.07. The zero-order valence-electron chi connectivity index (χ0n) is 19.4. The van der Waals surface area contributed by atoms with Crippen LogP contribution >= 0.6 is 12.4 Å². The maximum atomic E-state index is 13.4. The van der Waals surface area contributed by atoms with Gasteiger partial charge in [0.15, 0.2) is 0 Å². The van der Waals surface area contributed by atoms with Crippen LogP contribution < -0.4 is 16.6 Å². The Morgan fingerprint density at radius 1 is 1.00 bits per heavy atom. The van der Waals surface area contributed by atoms with Gasteiger partial charge in [0.25, 0.3) is 5.56 Å². The summed E-state index contributed by atoms with van der Waals surface area (Å²) < 4.78 is 41.4. The largest absolute Gasteiger partial charge is 0.416 e. The normalized spacial score (nSPS) is 12.0. The molecule has 188 valence electrons. The first-order chi connectivity index (χ1) is 16.8. The highest BCUT2D eigenvalue weighted by Gasteiger charge is 2.31. The van der Waals surface area contributed by atoms with Crippen LogP contribution in [0.25, 0.3) is 22.4 Å². The highest BCUT2D eigenvalue weighted by molar-refractivity contribution is 5.85. The fraction of sp³-hybridized carbons (Fsp3) is 0.192. The van der Waals surface area contributed by atoms with Crippen molar-refractivity contribution in [3.05, 3.63) is 101 Å². The molecular formula is C26H25ClF3N5O. The van der Waals surface area contributed by atoms with Crippen LogP contribution in [0.1, 0.15) is 23.6 Å². The molecule has 0 spiro atoms. The minimum Gasteiger partial charge on any atom is -0.355 e. The quantitative estimate of drug-likeness (QED) is 0.342. The van der Waals surface area contributed by atoms with Gasteiger partial charge in [-0.15, -0.1) is 12.4 Å². The highest BCUT2D eigenvalue weighted by atomic mass is 35.5. The van der Waals surface area contributed by atoms with Crippen LogP contribution in [0, 0.1) is 0 Å². The molecule has 4 aromatic rings. The average molecular weight is 516 g/mol. The van der Waals surface area contributed by atoms with Crippen LogP contribution in [0.5, 0.6) is 0 Å². The number of aromatic nitrogens is 3. The van der Waals surface area contributed by atoms with E-state index in [4.69, 9.17) is 5.73 Å². The zero-order valence-corrected chi connectivity index (χ0v) is 20.2. The van der Waals surface area contributed by atoms with Crippen molar-refractivity contribution in [1.29, 1.82) is 0 Å². The first-order valence-corrected chi connectivity index (χ1v) is 11.0. The summed E-state index contributed by atoms with van der Waals surface area (Å²) in [5, 5.41) is 3.16. The van der Waals surface area contributed by atoms with Crippen molar-refractivity contribution in [2.45, 2.75) is 18.6 Å². The summed E-state index contributed by atoms with van der Waals surface area (Å²) >= 11 is 0. The molecular weight excluding hydrogens is 491 g/mol. The summed E-state index contributed by atoms with van der Waals surface area (Å²) in [6, 6.07) is 17.5. The van der Waals surface area contributed by atoms with E-state index in [-0.39, 0.29) is 41.2 Å². The van der Waals surface area contributed by atoms with E-state index >= 15 is 0 Å². The third kappa shape index (κ3) is 5.92. The molecule has 2 aromatic carbocycles. The monoisotopic (exact) mass is 515 g/mol. The van der Waals surface area contributed by atoms with Crippen LogP contribution in [0.2, 0.25) is 0 Å². The molecule has 0 aliphatic heterocycles. The van der Waals surface area contributed by atoms with Gasteiger partial charge >= 0.3 is 6.18 Å². The summed E-state index contributed by atoms with van der Waals surface area (Å²) in [5.41, 5.74) is 7.00. The van der Waals surface area contributed by atoms with E-state index in [2.05, 4.69) is 15.3 Å². The molecule has 0 amide bonds. The van der Waals surface area contributed by atoms with Crippen LogP contribution in [0.4, 0.5) is 19.1 Å². The molecule has 1 atom stereocenters. The number of hydrogen-bond acceptors (Lipinski definition) is 5. The van der Waals surface area contributed by atoms with Gasteiger partial charge in [-0.3, -0.25) is 14.3 Å². The predicted octanol–water partition coefficient (Wildman–Crippen LogP) is 5.45. The Morgan fingerprint density at radius 2 is 1.69 bits per heavy atom. The Morgan fingerprint density at radius 3 is 2.36 bits per heavy atom. The van der Waals surface area contributed by atoms with E-state index in [9.17, 15) is 18.0 Å². The van der Waals surface area contributed by atoms with Gasteiger partial charge in [-0.1, -0.05) is 42.5 Å². The number of nitrogens with two attached hydrogens (primary N) is 1. The number of pyridine rings is 1. The van der Waals surface area contributed by atoms with Crippen LogP contribution in [0.3, 0.4) is 0 Å². The van der Waals surface area contributed by atoms with Crippen molar-refractivity contribution in [2.75, 3.05) is 11.9 Å². The highest BCUT2D eigenvalue weighted by Crippen LogP contribution is 2.34. The smallest absolute Gasteiger partial charge is 0.355 e. The summed E-state index contributed by atoms with van der Waals surface area (Å²) in [6.45, 7) is 0.440. The fourth-order valence-electron chi connectivity index (χ4n) is 3.80. The van der Waals surface area contributed by atoms with E-state index < -0.39 is 17.3 Å². The molecule has 0 saturated carbocycles. The molecule has 36 heavy (non-hydrogen) atoms. The van der Waals surface area contributed by atoms with Crippen LogP contribution in [0.15, 0.2) is 83.9 Å². The average Bonchev–Trinajstić information content (AvgIpc) is 2.87. The van der Waals surface area contributed by atoms with Crippen molar-refractivity contribution < 1.29 is 13.2 Å². The molecule has 10 heteroatoms. The topological polar surface area (TPSA) is 85.8 Å². The number of rotatable bonds is 7. The molecule has 0 bridgehead atoms. The standard InChI is InChI=1S/C26H24F3N5O.ClH/c1-34-24(35)22(19-8-5-9-20(16-19)26(27,28)29)23(18-10-13-31-14-11-18)33-25(34)32-15-12-21(30)17-6-3-2-4-7-17;/h2-11,13-14,16,21H,12,15,30H2,1H3,(H,32,33);1H. The Hall–Kier alpha value is -3.69. The van der Waals surface area contributed by atoms with Gasteiger partial charge in [-0.05, 0) is 41.8 Å². The summed E-state index contributed by atoms with van der Waals surface area (Å²) in [7, 11) is 1.53. The number of benzene rings is 2. The van der Waals surface area contributed by atoms with E-state index in [0.717, 1.165) is 17.7 Å². The lowest BCUT2D eigenvalue weighted by atomic mass is 9.99. The van der Waals surface area contributed by atoms with Crippen molar-refractivity contribution in [2.24, 2.45) is 12.8 Å². The Balaban J connectivity index is 0.00000361. The fourth-order valence-corrected chi connectivity index (χ4v) is 3.80.